The van der Waals surface area contributed by atoms with E-state index in [0.29, 0.717) is 0 Å². The lowest BCUT2D eigenvalue weighted by molar-refractivity contribution is -0.111. The number of aliphatic hydroxyl groups excluding tert-OH is 1. The molecule has 0 fully saturated rings. The molecule has 0 unspecified atom stereocenters. The molecule has 3 heteroatoms. The smallest absolute Gasteiger partial charge is 0.188 e. The minimum Gasteiger partial charge on any atom is -0.396 e. The van der Waals surface area contributed by atoms with E-state index in [1.165, 1.54) is 0 Å². The molecular weight excluding hydrogens is 100 g/mol. The van der Waals surface area contributed by atoms with Gasteiger partial charge in [0.15, 0.2) is 5.12 Å². The van der Waals surface area contributed by atoms with E-state index in [-0.39, 0.29) is 18.1 Å². The molecular formula is C3H6O2S. The van der Waals surface area contributed by atoms with Crippen LogP contribution < -0.4 is 0 Å². The second-order valence-corrected chi connectivity index (χ2v) is 1.37. The van der Waals surface area contributed by atoms with Gasteiger partial charge in [-0.1, -0.05) is 0 Å². The summed E-state index contributed by atoms with van der Waals surface area (Å²) >= 11 is 3.38. The first-order chi connectivity index (χ1) is 2.77. The van der Waals surface area contributed by atoms with Crippen LogP contribution in [0, 0.1) is 0 Å². The maximum atomic E-state index is 9.75. The number of thiol groups is 1. The number of carbonyl (C=O) groups is 1. The summed E-state index contributed by atoms with van der Waals surface area (Å²) in [6, 6.07) is 0. The van der Waals surface area contributed by atoms with E-state index < -0.39 is 0 Å². The van der Waals surface area contributed by atoms with Gasteiger partial charge >= 0.3 is 0 Å². The van der Waals surface area contributed by atoms with Crippen molar-refractivity contribution < 1.29 is 9.90 Å². The quantitative estimate of drug-likeness (QED) is 0.479. The van der Waals surface area contributed by atoms with Gasteiger partial charge in [-0.2, -0.15) is 0 Å². The Balaban J connectivity index is 2.83. The number of hydrogen-bond donors (Lipinski definition) is 2. The molecule has 0 aliphatic heterocycles. The van der Waals surface area contributed by atoms with Crippen LogP contribution in [0.3, 0.4) is 0 Å². The molecule has 0 radical (unpaired) electrons. The minimum atomic E-state index is -0.266. The Morgan fingerprint density at radius 3 is 2.33 bits per heavy atom. The molecule has 0 aromatic heterocycles. The van der Waals surface area contributed by atoms with Gasteiger partial charge in [-0.3, -0.25) is 4.79 Å². The van der Waals surface area contributed by atoms with E-state index in [2.05, 4.69) is 12.6 Å². The Hall–Kier alpha value is -0.0200. The summed E-state index contributed by atoms with van der Waals surface area (Å²) < 4.78 is 0. The Kier molecular flexibility index (Phi) is 3.17. The van der Waals surface area contributed by atoms with Crippen LogP contribution in [0.1, 0.15) is 6.42 Å². The van der Waals surface area contributed by atoms with Gasteiger partial charge in [-0.05, 0) is 0 Å². The van der Waals surface area contributed by atoms with Crippen LogP contribution in [-0.2, 0) is 4.79 Å². The van der Waals surface area contributed by atoms with Gasteiger partial charge in [0, 0.05) is 6.42 Å². The summed E-state index contributed by atoms with van der Waals surface area (Å²) in [4.78, 5) is 9.75. The molecule has 0 aromatic carbocycles. The molecule has 0 aliphatic rings. The molecule has 1 N–H and O–H groups in total. The molecule has 0 bridgehead atoms. The van der Waals surface area contributed by atoms with E-state index in [4.69, 9.17) is 5.11 Å². The zero-order chi connectivity index (χ0) is 4.99. The van der Waals surface area contributed by atoms with Gasteiger partial charge in [0.2, 0.25) is 0 Å². The predicted molar refractivity (Wildman–Crippen MR) is 25.7 cm³/mol. The second kappa shape index (κ2) is 3.18. The molecule has 0 rings (SSSR count). The molecule has 6 heavy (non-hydrogen) atoms. The second-order valence-electron chi connectivity index (χ2n) is 0.867. The van der Waals surface area contributed by atoms with Crippen molar-refractivity contribution >= 4 is 17.7 Å². The van der Waals surface area contributed by atoms with Crippen LogP contribution in [0.5, 0.6) is 0 Å². The van der Waals surface area contributed by atoms with E-state index in [1.54, 1.807) is 0 Å². The van der Waals surface area contributed by atoms with E-state index in [1.807, 2.05) is 0 Å². The van der Waals surface area contributed by atoms with Crippen molar-refractivity contribution in [3.05, 3.63) is 0 Å². The third-order valence-corrected chi connectivity index (χ3v) is 0.549. The van der Waals surface area contributed by atoms with Crippen molar-refractivity contribution in [1.82, 2.24) is 0 Å². The van der Waals surface area contributed by atoms with Crippen molar-refractivity contribution in [2.24, 2.45) is 0 Å². The number of carbonyl (C=O) groups excluding carboxylic acids is 1. The van der Waals surface area contributed by atoms with Crippen LogP contribution in [-0.4, -0.2) is 16.8 Å². The monoisotopic (exact) mass is 106 g/mol. The number of rotatable bonds is 2. The molecule has 0 aromatic rings. The Bertz CT molecular complexity index is 52.8. The minimum absolute atomic E-state index is 0.0949. The van der Waals surface area contributed by atoms with E-state index in [9.17, 15) is 4.79 Å². The fraction of sp³-hybridized carbons (Fsp3) is 0.667. The fourth-order valence-electron chi connectivity index (χ4n) is 0.0956. The highest BCUT2D eigenvalue weighted by molar-refractivity contribution is 7.96. The van der Waals surface area contributed by atoms with E-state index >= 15 is 0 Å². The number of aliphatic hydroxyl groups is 1. The maximum Gasteiger partial charge on any atom is 0.188 e. The standard InChI is InChI=1S/C3H6O2S/c4-2-1-3(5)6/h4H,1-2H2,(H,5,6). The zero-order valence-electron chi connectivity index (χ0n) is 3.22. The first kappa shape index (κ1) is 5.98. The molecule has 0 atom stereocenters. The summed E-state index contributed by atoms with van der Waals surface area (Å²) in [5.74, 6) is 0. The Morgan fingerprint density at radius 2 is 2.33 bits per heavy atom. The number of hydrogen-bond acceptors (Lipinski definition) is 2. The van der Waals surface area contributed by atoms with Crippen molar-refractivity contribution in [3.8, 4) is 0 Å². The van der Waals surface area contributed by atoms with Gasteiger partial charge in [0.1, 0.15) is 0 Å². The lowest BCUT2D eigenvalue weighted by Gasteiger charge is -1.79. The topological polar surface area (TPSA) is 37.3 Å². The van der Waals surface area contributed by atoms with Crippen molar-refractivity contribution in [2.75, 3.05) is 6.61 Å². The molecule has 36 valence electrons. The Morgan fingerprint density at radius 1 is 1.83 bits per heavy atom. The molecule has 2 nitrogen and oxygen atoms in total. The molecule has 0 saturated carbocycles. The average Bonchev–Trinajstić information content (AvgIpc) is 1.35. The maximum absolute atomic E-state index is 9.75. The molecule has 0 heterocycles. The van der Waals surface area contributed by atoms with Gasteiger partial charge in [0.25, 0.3) is 0 Å². The van der Waals surface area contributed by atoms with Crippen LogP contribution >= 0.6 is 12.6 Å². The van der Waals surface area contributed by atoms with Crippen molar-refractivity contribution in [2.45, 2.75) is 6.42 Å². The van der Waals surface area contributed by atoms with Crippen molar-refractivity contribution in [3.63, 3.8) is 0 Å². The summed E-state index contributed by atoms with van der Waals surface area (Å²) in [6.45, 7) is -0.0949. The highest BCUT2D eigenvalue weighted by atomic mass is 32.1. The third kappa shape index (κ3) is 3.98. The van der Waals surface area contributed by atoms with Crippen molar-refractivity contribution in [1.29, 1.82) is 0 Å². The third-order valence-electron chi connectivity index (χ3n) is 0.326. The van der Waals surface area contributed by atoms with Gasteiger partial charge < -0.3 is 5.11 Å². The summed E-state index contributed by atoms with van der Waals surface area (Å²) in [7, 11) is 0. The first-order valence-electron chi connectivity index (χ1n) is 1.60. The molecule has 0 amide bonds. The summed E-state index contributed by atoms with van der Waals surface area (Å²) in [6.07, 6.45) is 0.156. The van der Waals surface area contributed by atoms with Crippen LogP contribution in [0.4, 0.5) is 0 Å². The zero-order valence-corrected chi connectivity index (χ0v) is 4.11. The van der Waals surface area contributed by atoms with Crippen LogP contribution in [0.15, 0.2) is 0 Å². The van der Waals surface area contributed by atoms with Gasteiger partial charge in [-0.25, -0.2) is 0 Å². The summed E-state index contributed by atoms with van der Waals surface area (Å²) in [5, 5.41) is 7.70. The summed E-state index contributed by atoms with van der Waals surface area (Å²) in [5.41, 5.74) is 0. The Labute approximate surface area is 41.6 Å². The lowest BCUT2D eigenvalue weighted by atomic mass is 10.5. The SMILES string of the molecule is O=C(S)CCO. The first-order valence-corrected chi connectivity index (χ1v) is 2.04. The molecule has 0 spiro atoms. The lowest BCUT2D eigenvalue weighted by Crippen LogP contribution is -1.88. The normalized spacial score (nSPS) is 8.33. The van der Waals surface area contributed by atoms with Crippen LogP contribution in [0.25, 0.3) is 0 Å². The van der Waals surface area contributed by atoms with Gasteiger partial charge in [-0.15, -0.1) is 12.6 Å². The largest absolute Gasteiger partial charge is 0.396 e. The average molecular weight is 106 g/mol. The fourth-order valence-corrected chi connectivity index (χ4v) is 0.196. The van der Waals surface area contributed by atoms with Gasteiger partial charge in [0.05, 0.1) is 6.61 Å². The highest BCUT2D eigenvalue weighted by Gasteiger charge is 1.86. The predicted octanol–water partition coefficient (Wildman–Crippen LogP) is -0.175. The molecule has 0 aliphatic carbocycles. The van der Waals surface area contributed by atoms with E-state index in [0.717, 1.165) is 0 Å². The van der Waals surface area contributed by atoms with Crippen LogP contribution in [0.2, 0.25) is 0 Å². The highest BCUT2D eigenvalue weighted by Crippen LogP contribution is 1.82. The molecule has 0 saturated heterocycles.